The molecule has 1 aliphatic rings. The molecule has 0 saturated carbocycles. The third kappa shape index (κ3) is 1.54. The zero-order chi connectivity index (χ0) is 10.9. The van der Waals surface area contributed by atoms with Crippen LogP contribution in [0.25, 0.3) is 0 Å². The van der Waals surface area contributed by atoms with Gasteiger partial charge in [-0.1, -0.05) is 0 Å². The molecule has 1 heterocycles. The molecule has 1 rings (SSSR count). The van der Waals surface area contributed by atoms with Crippen molar-refractivity contribution in [1.82, 2.24) is 5.06 Å². The summed E-state index contributed by atoms with van der Waals surface area (Å²) >= 11 is 0. The molecule has 0 bridgehead atoms. The fraction of sp³-hybridized carbons (Fsp3) is 0.500. The molecule has 0 aromatic carbocycles. The van der Waals surface area contributed by atoms with E-state index in [0.29, 0.717) is 0 Å². The summed E-state index contributed by atoms with van der Waals surface area (Å²) in [5, 5.41) is 0.203. The van der Waals surface area contributed by atoms with Gasteiger partial charge in [0.2, 0.25) is 0 Å². The predicted octanol–water partition coefficient (Wildman–Crippen LogP) is -0.387. The molecule has 0 spiro atoms. The summed E-state index contributed by atoms with van der Waals surface area (Å²) in [4.78, 5) is 36.7. The van der Waals surface area contributed by atoms with E-state index in [1.807, 2.05) is 0 Å². The number of hydroxylamine groups is 2. The summed E-state index contributed by atoms with van der Waals surface area (Å²) in [6, 6.07) is 0. The summed E-state index contributed by atoms with van der Waals surface area (Å²) < 4.78 is 19.9. The van der Waals surface area contributed by atoms with Crippen LogP contribution in [0.15, 0.2) is 0 Å². The second-order valence-corrected chi connectivity index (χ2v) is 1.96. The van der Waals surface area contributed by atoms with E-state index >= 15 is 0 Å². The average Bonchev–Trinajstić information content (AvgIpc) is 2.34. The molecule has 0 unspecified atom stereocenters. The first-order chi connectivity index (χ1) is 6.32. The van der Waals surface area contributed by atoms with Gasteiger partial charge >= 0.3 is 5.97 Å². The molecule has 11 heavy (non-hydrogen) atoms. The van der Waals surface area contributed by atoms with Crippen molar-refractivity contribution < 1.29 is 23.3 Å². The van der Waals surface area contributed by atoms with Crippen LogP contribution in [0.4, 0.5) is 0 Å². The Morgan fingerprint density at radius 2 is 2.09 bits per heavy atom. The third-order valence-electron chi connectivity index (χ3n) is 1.18. The minimum atomic E-state index is -2.97. The number of hydrogen-bond donors (Lipinski definition) is 0. The summed E-state index contributed by atoms with van der Waals surface area (Å²) in [7, 11) is 0. The first kappa shape index (κ1) is 4.48. The molecule has 0 N–H and O–H groups in total. The normalized spacial score (nSPS) is 22.5. The molecule has 0 aliphatic carbocycles. The topological polar surface area (TPSA) is 63.7 Å². The van der Waals surface area contributed by atoms with Crippen molar-refractivity contribution >= 4 is 17.8 Å². The van der Waals surface area contributed by atoms with Crippen molar-refractivity contribution in [2.24, 2.45) is 0 Å². The first-order valence-electron chi connectivity index (χ1n) is 4.40. The van der Waals surface area contributed by atoms with Crippen LogP contribution >= 0.6 is 0 Å². The highest BCUT2D eigenvalue weighted by molar-refractivity contribution is 6.01. The Labute approximate surface area is 67.1 Å². The van der Waals surface area contributed by atoms with Gasteiger partial charge in [0.25, 0.3) is 11.8 Å². The van der Waals surface area contributed by atoms with Crippen LogP contribution in [0.3, 0.4) is 0 Å². The Bertz CT molecular complexity index is 282. The van der Waals surface area contributed by atoms with Gasteiger partial charge in [-0.2, -0.15) is 0 Å². The van der Waals surface area contributed by atoms with Gasteiger partial charge in [0.05, 0.1) is 0 Å². The number of nitrogens with zero attached hydrogens (tertiary/aromatic N) is 1. The molecule has 2 amide bonds. The minimum absolute atomic E-state index is 0.0624. The number of carbonyl (C=O) groups excluding carboxylic acids is 3. The van der Waals surface area contributed by atoms with Crippen molar-refractivity contribution in [3.05, 3.63) is 0 Å². The van der Waals surface area contributed by atoms with Crippen LogP contribution in [0.2, 0.25) is 0 Å². The van der Waals surface area contributed by atoms with Gasteiger partial charge in [-0.3, -0.25) is 9.59 Å². The molecule has 0 atom stereocenters. The maximum Gasteiger partial charge on any atom is 0.330 e. The van der Waals surface area contributed by atoms with E-state index in [9.17, 15) is 14.4 Å². The van der Waals surface area contributed by atoms with Crippen molar-refractivity contribution in [2.75, 3.05) is 0 Å². The minimum Gasteiger partial charge on any atom is -0.331 e. The maximum absolute atomic E-state index is 10.9. The molecule has 1 fully saturated rings. The van der Waals surface area contributed by atoms with Crippen LogP contribution in [0.5, 0.6) is 0 Å². The van der Waals surface area contributed by atoms with Gasteiger partial charge in [0, 0.05) is 23.8 Å². The van der Waals surface area contributed by atoms with Crippen molar-refractivity contribution in [1.29, 1.82) is 0 Å². The standard InChI is InChI=1S/C6H7NO4/c1-4(8)11-7-5(9)2-3-6(7)10/h2-3H2,1H3/i1D3. The van der Waals surface area contributed by atoms with Gasteiger partial charge in [-0.05, 0) is 0 Å². The van der Waals surface area contributed by atoms with E-state index < -0.39 is 24.6 Å². The van der Waals surface area contributed by atoms with E-state index in [0.717, 1.165) is 0 Å². The maximum atomic E-state index is 10.9. The highest BCUT2D eigenvalue weighted by Gasteiger charge is 2.31. The Kier molecular flexibility index (Phi) is 1.10. The Morgan fingerprint density at radius 3 is 2.55 bits per heavy atom. The second kappa shape index (κ2) is 2.69. The zero-order valence-corrected chi connectivity index (χ0v) is 5.49. The van der Waals surface area contributed by atoms with Gasteiger partial charge in [-0.25, -0.2) is 4.79 Å². The summed E-state index contributed by atoms with van der Waals surface area (Å²) in [5.74, 6) is -2.98. The lowest BCUT2D eigenvalue weighted by Crippen LogP contribution is -2.30. The Morgan fingerprint density at radius 1 is 1.55 bits per heavy atom. The fourth-order valence-corrected chi connectivity index (χ4v) is 0.741. The molecule has 0 aromatic rings. The molecule has 60 valence electrons. The zero-order valence-electron chi connectivity index (χ0n) is 8.49. The first-order valence-corrected chi connectivity index (χ1v) is 2.90. The van der Waals surface area contributed by atoms with Crippen LogP contribution in [-0.4, -0.2) is 22.8 Å². The van der Waals surface area contributed by atoms with Gasteiger partial charge in [0.15, 0.2) is 0 Å². The molecule has 5 heteroatoms. The molecule has 0 radical (unpaired) electrons. The van der Waals surface area contributed by atoms with Crippen LogP contribution in [-0.2, 0) is 19.2 Å². The van der Waals surface area contributed by atoms with Crippen molar-refractivity contribution in [2.45, 2.75) is 19.7 Å². The van der Waals surface area contributed by atoms with E-state index in [4.69, 9.17) is 4.11 Å². The lowest BCUT2D eigenvalue weighted by molar-refractivity contribution is -0.195. The Balaban J connectivity index is 2.65. The quantitative estimate of drug-likeness (QED) is 0.490. The average molecular weight is 160 g/mol. The number of amides is 2. The van der Waals surface area contributed by atoms with Gasteiger partial charge in [-0.15, -0.1) is 5.06 Å². The van der Waals surface area contributed by atoms with E-state index in [-0.39, 0.29) is 17.9 Å². The van der Waals surface area contributed by atoms with Crippen molar-refractivity contribution in [3.63, 3.8) is 0 Å². The van der Waals surface area contributed by atoms with Crippen LogP contribution in [0.1, 0.15) is 23.8 Å². The molecular formula is C6H7NO4. The van der Waals surface area contributed by atoms with Crippen LogP contribution < -0.4 is 0 Å². The lowest BCUT2D eigenvalue weighted by atomic mass is 10.4. The number of rotatable bonds is 1. The van der Waals surface area contributed by atoms with E-state index in [1.54, 1.807) is 0 Å². The van der Waals surface area contributed by atoms with Crippen LogP contribution in [0, 0.1) is 0 Å². The lowest BCUT2D eigenvalue weighted by Gasteiger charge is -2.09. The van der Waals surface area contributed by atoms with Gasteiger partial charge in [0.1, 0.15) is 0 Å². The number of imide groups is 1. The molecule has 0 aromatic heterocycles. The largest absolute Gasteiger partial charge is 0.331 e. The second-order valence-electron chi connectivity index (χ2n) is 1.96. The highest BCUT2D eigenvalue weighted by atomic mass is 16.7. The highest BCUT2D eigenvalue weighted by Crippen LogP contribution is 2.11. The fourth-order valence-electron chi connectivity index (χ4n) is 0.741. The molecule has 5 nitrogen and oxygen atoms in total. The third-order valence-corrected chi connectivity index (χ3v) is 1.18. The molecule has 1 aliphatic heterocycles. The monoisotopic (exact) mass is 160 g/mol. The molecule has 1 saturated heterocycles. The summed E-state index contributed by atoms with van der Waals surface area (Å²) in [5.41, 5.74) is 0. The number of carbonyl (C=O) groups is 3. The number of hydrogen-bond acceptors (Lipinski definition) is 4. The van der Waals surface area contributed by atoms with Gasteiger partial charge < -0.3 is 4.84 Å². The molecular weight excluding hydrogens is 150 g/mol. The van der Waals surface area contributed by atoms with Crippen molar-refractivity contribution in [3.8, 4) is 0 Å². The SMILES string of the molecule is [2H]C([2H])([2H])C(=O)ON1C(=O)CCC1=O. The Hall–Kier alpha value is -1.39. The summed E-state index contributed by atoms with van der Waals surface area (Å²) in [6.07, 6.45) is -0.125. The van der Waals surface area contributed by atoms with E-state index in [1.165, 1.54) is 0 Å². The summed E-state index contributed by atoms with van der Waals surface area (Å²) in [6.45, 7) is -2.97. The van der Waals surface area contributed by atoms with E-state index in [2.05, 4.69) is 4.84 Å². The predicted molar refractivity (Wildman–Crippen MR) is 32.9 cm³/mol. The smallest absolute Gasteiger partial charge is 0.330 e.